The largest absolute Gasteiger partial charge is 0.507 e. The van der Waals surface area contributed by atoms with Gasteiger partial charge in [0.1, 0.15) is 18.0 Å². The second-order valence-electron chi connectivity index (χ2n) is 4.66. The zero-order valence-electron chi connectivity index (χ0n) is 11.5. The van der Waals surface area contributed by atoms with Crippen LogP contribution in [-0.4, -0.2) is 11.7 Å². The molecule has 106 valence electrons. The lowest BCUT2D eigenvalue weighted by atomic mass is 10.2. The fourth-order valence-electron chi connectivity index (χ4n) is 1.98. The highest BCUT2D eigenvalue weighted by atomic mass is 16.5. The zero-order chi connectivity index (χ0) is 14.2. The van der Waals surface area contributed by atoms with Crippen LogP contribution in [0.5, 0.6) is 11.5 Å². The number of phenolic OH excluding ortho intramolecular Hbond substituents is 1. The fourth-order valence-corrected chi connectivity index (χ4v) is 1.98. The van der Waals surface area contributed by atoms with E-state index in [-0.39, 0.29) is 5.75 Å². The van der Waals surface area contributed by atoms with Crippen LogP contribution in [0.25, 0.3) is 0 Å². The van der Waals surface area contributed by atoms with Crippen LogP contribution in [0.3, 0.4) is 0 Å². The monoisotopic (exact) mass is 273 g/mol. The summed E-state index contributed by atoms with van der Waals surface area (Å²) in [5.74, 6) is 0.886. The summed E-state index contributed by atoms with van der Waals surface area (Å²) in [7, 11) is 0. The van der Waals surface area contributed by atoms with Crippen LogP contribution >= 0.6 is 0 Å². The van der Waals surface area contributed by atoms with Crippen LogP contribution in [0.2, 0.25) is 0 Å². The molecule has 0 amide bonds. The third-order valence-electron chi connectivity index (χ3n) is 3.13. The summed E-state index contributed by atoms with van der Waals surface area (Å²) in [6.07, 6.45) is 6.15. The van der Waals surface area contributed by atoms with Gasteiger partial charge in [-0.2, -0.15) is 0 Å². The molecular formula is C16H21N2O2+. The van der Waals surface area contributed by atoms with Crippen LogP contribution in [0.15, 0.2) is 48.8 Å². The van der Waals surface area contributed by atoms with Crippen molar-refractivity contribution < 1.29 is 14.4 Å². The predicted molar refractivity (Wildman–Crippen MR) is 77.4 cm³/mol. The van der Waals surface area contributed by atoms with Crippen molar-refractivity contribution >= 4 is 0 Å². The number of hydrogen-bond donors (Lipinski definition) is 2. The molecule has 2 aromatic rings. The van der Waals surface area contributed by atoms with Crippen LogP contribution in [-0.2, 0) is 13.1 Å². The Hall–Kier alpha value is -2.07. The summed E-state index contributed by atoms with van der Waals surface area (Å²) in [6.45, 7) is 1.97. The highest BCUT2D eigenvalue weighted by molar-refractivity contribution is 5.39. The number of aromatic hydroxyl groups is 1. The van der Waals surface area contributed by atoms with E-state index in [2.05, 4.69) is 17.0 Å². The molecule has 1 aromatic carbocycles. The molecule has 0 aliphatic rings. The normalized spacial score (nSPS) is 10.4. The molecule has 0 spiro atoms. The van der Waals surface area contributed by atoms with Gasteiger partial charge in [-0.25, -0.2) is 4.57 Å². The number of unbranched alkanes of at least 4 members (excludes halogenated alkanes) is 1. The maximum Gasteiger partial charge on any atom is 0.168 e. The van der Waals surface area contributed by atoms with E-state index in [1.54, 1.807) is 12.1 Å². The zero-order valence-corrected chi connectivity index (χ0v) is 11.5. The molecule has 0 unspecified atom stereocenters. The van der Waals surface area contributed by atoms with Crippen LogP contribution in [0, 0.1) is 0 Å². The van der Waals surface area contributed by atoms with Gasteiger partial charge in [-0.05, 0) is 12.5 Å². The van der Waals surface area contributed by atoms with Gasteiger partial charge in [0, 0.05) is 36.7 Å². The van der Waals surface area contributed by atoms with Crippen molar-refractivity contribution in [3.63, 3.8) is 0 Å². The molecule has 2 rings (SSSR count). The highest BCUT2D eigenvalue weighted by Gasteiger charge is 2.02. The molecule has 0 bridgehead atoms. The maximum absolute atomic E-state index is 9.68. The average Bonchev–Trinajstić information content (AvgIpc) is 2.48. The van der Waals surface area contributed by atoms with E-state index in [4.69, 9.17) is 10.5 Å². The first-order chi connectivity index (χ1) is 9.79. The molecule has 4 heteroatoms. The summed E-state index contributed by atoms with van der Waals surface area (Å²) < 4.78 is 7.77. The lowest BCUT2D eigenvalue weighted by Gasteiger charge is -2.07. The molecule has 0 saturated heterocycles. The molecule has 0 aliphatic carbocycles. The Morgan fingerprint density at radius 3 is 2.60 bits per heavy atom. The molecule has 0 radical (unpaired) electrons. The molecule has 4 nitrogen and oxygen atoms in total. The van der Waals surface area contributed by atoms with Crippen molar-refractivity contribution in [1.29, 1.82) is 0 Å². The fraction of sp³-hybridized carbons (Fsp3) is 0.312. The number of phenols is 1. The Bertz CT molecular complexity index is 529. The number of hydrogen-bond acceptors (Lipinski definition) is 3. The number of ether oxygens (including phenoxy) is 1. The van der Waals surface area contributed by atoms with Gasteiger partial charge in [-0.3, -0.25) is 0 Å². The summed E-state index contributed by atoms with van der Waals surface area (Å²) in [4.78, 5) is 0. The van der Waals surface area contributed by atoms with Gasteiger partial charge in [-0.1, -0.05) is 12.1 Å². The number of nitrogens with two attached hydrogens (primary N) is 1. The topological polar surface area (TPSA) is 59.4 Å². The van der Waals surface area contributed by atoms with Crippen molar-refractivity contribution in [3.05, 3.63) is 54.4 Å². The molecule has 3 N–H and O–H groups in total. The van der Waals surface area contributed by atoms with Crippen molar-refractivity contribution in [2.24, 2.45) is 5.73 Å². The first kappa shape index (κ1) is 14.3. The molecule has 20 heavy (non-hydrogen) atoms. The summed E-state index contributed by atoms with van der Waals surface area (Å²) in [6, 6.07) is 11.3. The van der Waals surface area contributed by atoms with Gasteiger partial charge >= 0.3 is 0 Å². The predicted octanol–water partition coefficient (Wildman–Crippen LogP) is 2.00. The summed E-state index contributed by atoms with van der Waals surface area (Å²) in [5, 5.41) is 9.68. The highest BCUT2D eigenvalue weighted by Crippen LogP contribution is 2.23. The van der Waals surface area contributed by atoms with Gasteiger partial charge in [-0.15, -0.1) is 0 Å². The number of rotatable bonds is 7. The molecular weight excluding hydrogens is 252 g/mol. The Morgan fingerprint density at radius 1 is 1.10 bits per heavy atom. The van der Waals surface area contributed by atoms with Crippen LogP contribution in [0.4, 0.5) is 0 Å². The van der Waals surface area contributed by atoms with Crippen molar-refractivity contribution in [3.8, 4) is 11.5 Å². The molecule has 0 aliphatic heterocycles. The molecule has 0 atom stereocenters. The Labute approximate surface area is 119 Å². The van der Waals surface area contributed by atoms with Crippen molar-refractivity contribution in [1.82, 2.24) is 0 Å². The van der Waals surface area contributed by atoms with Gasteiger partial charge in [0.05, 0.1) is 6.61 Å². The van der Waals surface area contributed by atoms with Crippen LogP contribution < -0.4 is 15.0 Å². The Balaban J connectivity index is 1.69. The molecule has 1 aromatic heterocycles. The van der Waals surface area contributed by atoms with Gasteiger partial charge < -0.3 is 15.6 Å². The molecule has 0 fully saturated rings. The molecule has 0 saturated carbocycles. The first-order valence-corrected chi connectivity index (χ1v) is 6.88. The lowest BCUT2D eigenvalue weighted by Crippen LogP contribution is -2.32. The van der Waals surface area contributed by atoms with E-state index in [1.165, 1.54) is 0 Å². The van der Waals surface area contributed by atoms with E-state index in [0.717, 1.165) is 24.9 Å². The van der Waals surface area contributed by atoms with E-state index in [1.807, 2.05) is 24.3 Å². The summed E-state index contributed by atoms with van der Waals surface area (Å²) >= 11 is 0. The second-order valence-corrected chi connectivity index (χ2v) is 4.66. The van der Waals surface area contributed by atoms with Gasteiger partial charge in [0.2, 0.25) is 0 Å². The van der Waals surface area contributed by atoms with Crippen molar-refractivity contribution in [2.45, 2.75) is 25.9 Å². The first-order valence-electron chi connectivity index (χ1n) is 6.88. The average molecular weight is 273 g/mol. The Kier molecular flexibility index (Phi) is 5.38. The summed E-state index contributed by atoms with van der Waals surface area (Å²) in [5.41, 5.74) is 6.23. The minimum absolute atomic E-state index is 0.199. The van der Waals surface area contributed by atoms with E-state index < -0.39 is 0 Å². The Morgan fingerprint density at radius 2 is 1.90 bits per heavy atom. The number of nitrogens with zero attached hydrogens (tertiary/aromatic N) is 1. The number of aromatic nitrogens is 1. The van der Waals surface area contributed by atoms with Crippen molar-refractivity contribution in [2.75, 3.05) is 6.61 Å². The van der Waals surface area contributed by atoms with Crippen LogP contribution in [0.1, 0.15) is 18.4 Å². The number of benzene rings is 1. The smallest absolute Gasteiger partial charge is 0.168 e. The van der Waals surface area contributed by atoms with E-state index in [0.29, 0.717) is 18.9 Å². The quantitative estimate of drug-likeness (QED) is 0.599. The minimum Gasteiger partial charge on any atom is -0.507 e. The molecule has 1 heterocycles. The number of pyridine rings is 1. The number of aryl methyl sites for hydroxylation is 1. The van der Waals surface area contributed by atoms with Gasteiger partial charge in [0.15, 0.2) is 12.4 Å². The minimum atomic E-state index is 0.199. The van der Waals surface area contributed by atoms with E-state index in [9.17, 15) is 5.11 Å². The second kappa shape index (κ2) is 7.50. The standard InChI is InChI=1S/C16H20N2O2/c17-13-14-6-7-15(12-16(14)19)20-11-5-4-10-18-8-2-1-3-9-18/h1-3,6-9,12H,4-5,10-11,13,17H2/p+1. The third kappa shape index (κ3) is 4.24. The van der Waals surface area contributed by atoms with E-state index >= 15 is 0 Å². The lowest BCUT2D eigenvalue weighted by molar-refractivity contribution is -0.697. The third-order valence-corrected chi connectivity index (χ3v) is 3.13. The SMILES string of the molecule is NCc1ccc(OCCCC[n+]2ccccc2)cc1O. The maximum atomic E-state index is 9.68. The van der Waals surface area contributed by atoms with Gasteiger partial charge in [0.25, 0.3) is 0 Å².